The smallest absolute Gasteiger partial charge is 0.338 e. The number of carboxylic acids is 1. The molecule has 6 heteroatoms. The van der Waals surface area contributed by atoms with Crippen LogP contribution in [-0.2, 0) is 0 Å². The molecule has 0 aromatic carbocycles. The summed E-state index contributed by atoms with van der Waals surface area (Å²) in [6.45, 7) is 2.70. The zero-order valence-corrected chi connectivity index (χ0v) is 8.84. The summed E-state index contributed by atoms with van der Waals surface area (Å²) in [6, 6.07) is 0. The van der Waals surface area contributed by atoms with Crippen molar-refractivity contribution in [2.24, 2.45) is 0 Å². The van der Waals surface area contributed by atoms with Gasteiger partial charge in [-0.25, -0.2) is 14.8 Å². The van der Waals surface area contributed by atoms with Crippen LogP contribution in [0.15, 0.2) is 11.7 Å². The van der Waals surface area contributed by atoms with E-state index in [0.29, 0.717) is 11.3 Å². The number of anilines is 1. The predicted molar refractivity (Wildman–Crippen MR) is 58.5 cm³/mol. The number of aromatic carboxylic acids is 1. The lowest BCUT2D eigenvalue weighted by molar-refractivity contribution is 0.0699. The molecule has 0 saturated heterocycles. The standard InChI is InChI=1S/C9H9N3O2S/c1-2-10-8-7-6(11-4-12-8)5(3-15-7)9(13)14/h3-4H,2H2,1H3,(H,13,14)(H,10,11,12). The molecule has 0 aliphatic rings. The van der Waals surface area contributed by atoms with Gasteiger partial charge < -0.3 is 10.4 Å². The van der Waals surface area contributed by atoms with Crippen molar-refractivity contribution in [2.45, 2.75) is 6.92 Å². The van der Waals surface area contributed by atoms with Crippen molar-refractivity contribution in [3.05, 3.63) is 17.3 Å². The third kappa shape index (κ3) is 1.63. The first kappa shape index (κ1) is 9.85. The van der Waals surface area contributed by atoms with Gasteiger partial charge in [-0.05, 0) is 6.92 Å². The van der Waals surface area contributed by atoms with Gasteiger partial charge in [-0.15, -0.1) is 11.3 Å². The van der Waals surface area contributed by atoms with Crippen LogP contribution in [0.3, 0.4) is 0 Å². The lowest BCUT2D eigenvalue weighted by Gasteiger charge is -2.01. The van der Waals surface area contributed by atoms with Crippen LogP contribution >= 0.6 is 11.3 Å². The second-order valence-electron chi connectivity index (χ2n) is 2.88. The summed E-state index contributed by atoms with van der Waals surface area (Å²) in [5.41, 5.74) is 0.731. The SMILES string of the molecule is CCNc1ncnc2c(C(=O)O)csc12. The number of nitrogens with zero attached hydrogens (tertiary/aromatic N) is 2. The highest BCUT2D eigenvalue weighted by molar-refractivity contribution is 7.18. The molecule has 2 heterocycles. The minimum absolute atomic E-state index is 0.233. The van der Waals surface area contributed by atoms with Crippen LogP contribution in [0.5, 0.6) is 0 Å². The molecule has 0 bridgehead atoms. The van der Waals surface area contributed by atoms with Crippen molar-refractivity contribution < 1.29 is 9.90 Å². The maximum atomic E-state index is 10.9. The van der Waals surface area contributed by atoms with E-state index in [1.807, 2.05) is 6.92 Å². The molecule has 78 valence electrons. The summed E-state index contributed by atoms with van der Waals surface area (Å²) in [4.78, 5) is 18.9. The first-order valence-electron chi connectivity index (χ1n) is 4.43. The van der Waals surface area contributed by atoms with E-state index in [0.717, 1.165) is 11.2 Å². The molecular formula is C9H9N3O2S. The van der Waals surface area contributed by atoms with E-state index in [-0.39, 0.29) is 5.56 Å². The fourth-order valence-electron chi connectivity index (χ4n) is 1.30. The van der Waals surface area contributed by atoms with Crippen LogP contribution in [0.4, 0.5) is 5.82 Å². The highest BCUT2D eigenvalue weighted by Gasteiger charge is 2.14. The molecule has 0 radical (unpaired) electrons. The van der Waals surface area contributed by atoms with Crippen LogP contribution in [0.2, 0.25) is 0 Å². The number of carbonyl (C=O) groups is 1. The average molecular weight is 223 g/mol. The van der Waals surface area contributed by atoms with Crippen LogP contribution in [-0.4, -0.2) is 27.6 Å². The summed E-state index contributed by atoms with van der Waals surface area (Å²) in [5.74, 6) is -0.262. The van der Waals surface area contributed by atoms with E-state index in [4.69, 9.17) is 5.11 Å². The molecule has 0 aliphatic carbocycles. The maximum Gasteiger partial charge on any atom is 0.338 e. The summed E-state index contributed by atoms with van der Waals surface area (Å²) >= 11 is 1.34. The molecule has 0 aliphatic heterocycles. The van der Waals surface area contributed by atoms with Gasteiger partial charge in [-0.1, -0.05) is 0 Å². The molecule has 15 heavy (non-hydrogen) atoms. The summed E-state index contributed by atoms with van der Waals surface area (Å²) < 4.78 is 0.789. The molecule has 0 saturated carbocycles. The normalized spacial score (nSPS) is 10.5. The molecule has 2 rings (SSSR count). The van der Waals surface area contributed by atoms with Gasteiger partial charge in [-0.3, -0.25) is 0 Å². The Bertz CT molecular complexity index is 509. The van der Waals surface area contributed by atoms with E-state index in [9.17, 15) is 4.79 Å². The summed E-state index contributed by atoms with van der Waals surface area (Å²) in [6.07, 6.45) is 1.37. The molecule has 2 aromatic rings. The quantitative estimate of drug-likeness (QED) is 0.830. The van der Waals surface area contributed by atoms with Gasteiger partial charge >= 0.3 is 5.97 Å². The fraction of sp³-hybridized carbons (Fsp3) is 0.222. The second kappa shape index (κ2) is 3.82. The van der Waals surface area contributed by atoms with Gasteiger partial charge in [0.25, 0.3) is 0 Å². The van der Waals surface area contributed by atoms with Gasteiger partial charge in [0.1, 0.15) is 17.7 Å². The topological polar surface area (TPSA) is 75.1 Å². The summed E-state index contributed by atoms with van der Waals surface area (Å²) in [7, 11) is 0. The zero-order chi connectivity index (χ0) is 10.8. The number of thiophene rings is 1. The van der Waals surface area contributed by atoms with Gasteiger partial charge in [0.05, 0.1) is 10.3 Å². The Balaban J connectivity index is 2.63. The van der Waals surface area contributed by atoms with Crippen molar-refractivity contribution >= 4 is 33.3 Å². The number of carboxylic acid groups (broad SMARTS) is 1. The number of fused-ring (bicyclic) bond motifs is 1. The number of nitrogens with one attached hydrogen (secondary N) is 1. The third-order valence-corrected chi connectivity index (χ3v) is 2.90. The van der Waals surface area contributed by atoms with Crippen LogP contribution < -0.4 is 5.32 Å². The third-order valence-electron chi connectivity index (χ3n) is 1.93. The number of hydrogen-bond acceptors (Lipinski definition) is 5. The lowest BCUT2D eigenvalue weighted by atomic mass is 10.3. The van der Waals surface area contributed by atoms with Crippen molar-refractivity contribution in [1.29, 1.82) is 0 Å². The summed E-state index contributed by atoms with van der Waals surface area (Å²) in [5, 5.41) is 13.6. The minimum atomic E-state index is -0.956. The van der Waals surface area contributed by atoms with Gasteiger partial charge in [0.2, 0.25) is 0 Å². The highest BCUT2D eigenvalue weighted by Crippen LogP contribution is 2.28. The van der Waals surface area contributed by atoms with Crippen molar-refractivity contribution in [2.75, 3.05) is 11.9 Å². The van der Waals surface area contributed by atoms with Crippen LogP contribution in [0.1, 0.15) is 17.3 Å². The Morgan fingerprint density at radius 3 is 3.07 bits per heavy atom. The molecule has 0 atom stereocenters. The molecule has 0 spiro atoms. The zero-order valence-electron chi connectivity index (χ0n) is 8.02. The molecule has 0 amide bonds. The van der Waals surface area contributed by atoms with E-state index in [2.05, 4.69) is 15.3 Å². The Kier molecular flexibility index (Phi) is 2.51. The molecule has 0 unspecified atom stereocenters. The van der Waals surface area contributed by atoms with Gasteiger partial charge in [0.15, 0.2) is 0 Å². The average Bonchev–Trinajstić information content (AvgIpc) is 2.62. The van der Waals surface area contributed by atoms with Crippen LogP contribution in [0, 0.1) is 0 Å². The largest absolute Gasteiger partial charge is 0.478 e. The van der Waals surface area contributed by atoms with E-state index in [1.165, 1.54) is 17.7 Å². The Labute approximate surface area is 89.8 Å². The maximum absolute atomic E-state index is 10.9. The predicted octanol–water partition coefficient (Wildman–Crippen LogP) is 1.82. The number of aromatic nitrogens is 2. The number of rotatable bonds is 3. The Morgan fingerprint density at radius 2 is 2.40 bits per heavy atom. The Morgan fingerprint density at radius 1 is 1.60 bits per heavy atom. The molecule has 2 N–H and O–H groups in total. The van der Waals surface area contributed by atoms with Crippen molar-refractivity contribution in [3.8, 4) is 0 Å². The van der Waals surface area contributed by atoms with E-state index < -0.39 is 5.97 Å². The van der Waals surface area contributed by atoms with Gasteiger partial charge in [-0.2, -0.15) is 0 Å². The van der Waals surface area contributed by atoms with Crippen molar-refractivity contribution in [3.63, 3.8) is 0 Å². The Hall–Kier alpha value is -1.69. The molecule has 0 fully saturated rings. The first-order valence-corrected chi connectivity index (χ1v) is 5.31. The number of hydrogen-bond donors (Lipinski definition) is 2. The molecule has 5 nitrogen and oxygen atoms in total. The highest BCUT2D eigenvalue weighted by atomic mass is 32.1. The van der Waals surface area contributed by atoms with E-state index in [1.54, 1.807) is 5.38 Å². The molecular weight excluding hydrogens is 214 g/mol. The van der Waals surface area contributed by atoms with Crippen molar-refractivity contribution in [1.82, 2.24) is 9.97 Å². The monoisotopic (exact) mass is 223 g/mol. The van der Waals surface area contributed by atoms with E-state index >= 15 is 0 Å². The fourth-order valence-corrected chi connectivity index (χ4v) is 2.25. The molecule has 2 aromatic heterocycles. The van der Waals surface area contributed by atoms with Crippen LogP contribution in [0.25, 0.3) is 10.2 Å². The lowest BCUT2D eigenvalue weighted by Crippen LogP contribution is -2.00. The minimum Gasteiger partial charge on any atom is -0.478 e. The van der Waals surface area contributed by atoms with Gasteiger partial charge in [0, 0.05) is 11.9 Å². The second-order valence-corrected chi connectivity index (χ2v) is 3.76. The first-order chi connectivity index (χ1) is 7.24.